The molecule has 1 aliphatic heterocycles. The number of halogens is 1. The first-order chi connectivity index (χ1) is 11.4. The van der Waals surface area contributed by atoms with Gasteiger partial charge >= 0.3 is 5.97 Å². The average Bonchev–Trinajstić information content (AvgIpc) is 2.68. The lowest BCUT2D eigenvalue weighted by molar-refractivity contribution is -0.139. The van der Waals surface area contributed by atoms with Crippen molar-refractivity contribution in [2.75, 3.05) is 0 Å². The summed E-state index contributed by atoms with van der Waals surface area (Å²) in [7, 11) is 0. The van der Waals surface area contributed by atoms with E-state index in [9.17, 15) is 14.0 Å². The maximum Gasteiger partial charge on any atom is 0.310 e. The highest BCUT2D eigenvalue weighted by Crippen LogP contribution is 2.37. The van der Waals surface area contributed by atoms with E-state index >= 15 is 0 Å². The number of rotatable bonds is 6. The largest absolute Gasteiger partial charge is 0.481 e. The number of aliphatic carboxylic acids is 1. The van der Waals surface area contributed by atoms with Crippen LogP contribution in [0.3, 0.4) is 0 Å². The van der Waals surface area contributed by atoms with E-state index in [1.165, 1.54) is 23.9 Å². The van der Waals surface area contributed by atoms with E-state index in [4.69, 9.17) is 5.11 Å². The number of allylic oxidation sites excluding steroid dienone is 3. The number of carboxylic acids is 1. The third kappa shape index (κ3) is 4.47. The number of amides is 1. The third-order valence-electron chi connectivity index (χ3n) is 3.73. The van der Waals surface area contributed by atoms with Gasteiger partial charge in [-0.15, -0.1) is 0 Å². The van der Waals surface area contributed by atoms with Crippen LogP contribution in [0.15, 0.2) is 45.8 Å². The minimum Gasteiger partial charge on any atom is -0.481 e. The summed E-state index contributed by atoms with van der Waals surface area (Å²) in [6, 6.07) is 4.22. The Morgan fingerprint density at radius 2 is 2.21 bits per heavy atom. The Kier molecular flexibility index (Phi) is 6.20. The monoisotopic (exact) mass is 349 g/mol. The summed E-state index contributed by atoms with van der Waals surface area (Å²) in [6.07, 6.45) is 5.54. The Morgan fingerprint density at radius 1 is 1.46 bits per heavy atom. The van der Waals surface area contributed by atoms with Gasteiger partial charge in [0.2, 0.25) is 0 Å². The van der Waals surface area contributed by atoms with Crippen LogP contribution < -0.4 is 5.32 Å². The Morgan fingerprint density at radius 3 is 2.88 bits per heavy atom. The molecule has 1 amide bonds. The molecule has 1 aromatic rings. The molecule has 0 radical (unpaired) electrons. The van der Waals surface area contributed by atoms with Gasteiger partial charge in [-0.1, -0.05) is 30.8 Å². The molecule has 0 saturated carbocycles. The molecule has 1 aliphatic rings. The fourth-order valence-electron chi connectivity index (χ4n) is 2.32. The normalized spacial score (nSPS) is 15.9. The van der Waals surface area contributed by atoms with Crippen molar-refractivity contribution in [3.8, 4) is 0 Å². The standard InChI is InChI=1S/C18H20FNO3S/c1-3-14-16(7-5-4-6-11(2)18(22)23)24-15-9-8-12(19)10-13(15)17(21)20-14/h4,6,8-11H,3,5,7H2,1-2H3,(H,20,21)(H,22,23)/b6-4-. The van der Waals surface area contributed by atoms with Crippen LogP contribution in [0.5, 0.6) is 0 Å². The van der Waals surface area contributed by atoms with Gasteiger partial charge in [-0.2, -0.15) is 0 Å². The molecule has 1 unspecified atom stereocenters. The molecule has 24 heavy (non-hydrogen) atoms. The number of carbonyl (C=O) groups excluding carboxylic acids is 1. The second kappa shape index (κ2) is 8.15. The second-order valence-corrected chi connectivity index (χ2v) is 6.68. The Bertz CT molecular complexity index is 712. The predicted molar refractivity (Wildman–Crippen MR) is 92.2 cm³/mol. The maximum atomic E-state index is 13.4. The van der Waals surface area contributed by atoms with Crippen molar-refractivity contribution in [2.24, 2.45) is 5.92 Å². The van der Waals surface area contributed by atoms with E-state index in [2.05, 4.69) is 5.32 Å². The van der Waals surface area contributed by atoms with Gasteiger partial charge in [0.25, 0.3) is 5.91 Å². The number of carbonyl (C=O) groups is 2. The summed E-state index contributed by atoms with van der Waals surface area (Å²) < 4.78 is 13.4. The number of carboxylic acid groups (broad SMARTS) is 1. The molecule has 1 heterocycles. The summed E-state index contributed by atoms with van der Waals surface area (Å²) >= 11 is 1.47. The van der Waals surface area contributed by atoms with Crippen molar-refractivity contribution in [2.45, 2.75) is 38.0 Å². The first-order valence-electron chi connectivity index (χ1n) is 7.82. The Labute approximate surface area is 144 Å². The SMILES string of the molecule is CCC1=C(CC/C=C\C(C)C(=O)O)Sc2ccc(F)cc2C(=O)N1. The zero-order valence-corrected chi connectivity index (χ0v) is 14.5. The summed E-state index contributed by atoms with van der Waals surface area (Å²) in [5.74, 6) is -2.10. The van der Waals surface area contributed by atoms with Gasteiger partial charge in [0.15, 0.2) is 0 Å². The number of benzene rings is 1. The van der Waals surface area contributed by atoms with Crippen molar-refractivity contribution in [3.63, 3.8) is 0 Å². The molecule has 0 bridgehead atoms. The van der Waals surface area contributed by atoms with E-state index in [0.29, 0.717) is 24.8 Å². The molecule has 1 atom stereocenters. The molecule has 0 fully saturated rings. The number of thioether (sulfide) groups is 1. The third-order valence-corrected chi connectivity index (χ3v) is 5.00. The van der Waals surface area contributed by atoms with Crippen molar-refractivity contribution >= 4 is 23.6 Å². The van der Waals surface area contributed by atoms with Crippen LogP contribution in [-0.2, 0) is 4.79 Å². The summed E-state index contributed by atoms with van der Waals surface area (Å²) in [5.41, 5.74) is 1.18. The Hall–Kier alpha value is -2.08. The van der Waals surface area contributed by atoms with Gasteiger partial charge in [0, 0.05) is 15.5 Å². The number of hydrogen-bond acceptors (Lipinski definition) is 3. The second-order valence-electron chi connectivity index (χ2n) is 5.55. The van der Waals surface area contributed by atoms with E-state index < -0.39 is 17.7 Å². The molecule has 0 aliphatic carbocycles. The van der Waals surface area contributed by atoms with E-state index in [1.807, 2.05) is 13.0 Å². The van der Waals surface area contributed by atoms with Crippen LogP contribution in [0.1, 0.15) is 43.5 Å². The lowest BCUT2D eigenvalue weighted by Gasteiger charge is -2.10. The van der Waals surface area contributed by atoms with E-state index in [1.54, 1.807) is 19.1 Å². The molecule has 128 valence electrons. The fraction of sp³-hybridized carbons (Fsp3) is 0.333. The van der Waals surface area contributed by atoms with Crippen molar-refractivity contribution in [1.29, 1.82) is 0 Å². The highest BCUT2D eigenvalue weighted by Gasteiger charge is 2.21. The lowest BCUT2D eigenvalue weighted by atomic mass is 10.1. The van der Waals surface area contributed by atoms with Gasteiger partial charge in [-0.05, 0) is 44.4 Å². The van der Waals surface area contributed by atoms with Gasteiger partial charge in [-0.25, -0.2) is 4.39 Å². The molecule has 4 nitrogen and oxygen atoms in total. The van der Waals surface area contributed by atoms with Crippen LogP contribution >= 0.6 is 11.8 Å². The van der Waals surface area contributed by atoms with Crippen LogP contribution in [0.4, 0.5) is 4.39 Å². The number of nitrogens with one attached hydrogen (secondary N) is 1. The highest BCUT2D eigenvalue weighted by molar-refractivity contribution is 8.03. The molecule has 0 saturated heterocycles. The van der Waals surface area contributed by atoms with Crippen LogP contribution in [-0.4, -0.2) is 17.0 Å². The zero-order valence-electron chi connectivity index (χ0n) is 13.6. The zero-order chi connectivity index (χ0) is 17.7. The maximum absolute atomic E-state index is 13.4. The van der Waals surface area contributed by atoms with Gasteiger partial charge in [-0.3, -0.25) is 9.59 Å². The highest BCUT2D eigenvalue weighted by atomic mass is 32.2. The van der Waals surface area contributed by atoms with Crippen molar-refractivity contribution < 1.29 is 19.1 Å². The topological polar surface area (TPSA) is 66.4 Å². The molecule has 2 rings (SSSR count). The van der Waals surface area contributed by atoms with Gasteiger partial charge < -0.3 is 10.4 Å². The lowest BCUT2D eigenvalue weighted by Crippen LogP contribution is -2.22. The number of fused-ring (bicyclic) bond motifs is 1. The first kappa shape index (κ1) is 18.3. The van der Waals surface area contributed by atoms with Gasteiger partial charge in [0.05, 0.1) is 11.5 Å². The van der Waals surface area contributed by atoms with E-state index in [0.717, 1.165) is 15.5 Å². The summed E-state index contributed by atoms with van der Waals surface area (Å²) in [5, 5.41) is 11.7. The summed E-state index contributed by atoms with van der Waals surface area (Å²) in [4.78, 5) is 24.8. The molecular formula is C18H20FNO3S. The average molecular weight is 349 g/mol. The molecule has 0 aromatic heterocycles. The van der Waals surface area contributed by atoms with E-state index in [-0.39, 0.29) is 5.91 Å². The van der Waals surface area contributed by atoms with Crippen LogP contribution in [0.25, 0.3) is 0 Å². The minimum absolute atomic E-state index is 0.293. The minimum atomic E-state index is -0.855. The van der Waals surface area contributed by atoms with Crippen molar-refractivity contribution in [3.05, 3.63) is 52.3 Å². The quantitative estimate of drug-likeness (QED) is 0.750. The predicted octanol–water partition coefficient (Wildman–Crippen LogP) is 4.34. The molecular weight excluding hydrogens is 329 g/mol. The molecule has 1 aromatic carbocycles. The van der Waals surface area contributed by atoms with Crippen molar-refractivity contribution in [1.82, 2.24) is 5.32 Å². The van der Waals surface area contributed by atoms with Crippen LogP contribution in [0.2, 0.25) is 0 Å². The Balaban J connectivity index is 2.16. The smallest absolute Gasteiger partial charge is 0.310 e. The molecule has 6 heteroatoms. The summed E-state index contributed by atoms with van der Waals surface area (Å²) in [6.45, 7) is 3.58. The first-order valence-corrected chi connectivity index (χ1v) is 8.64. The van der Waals surface area contributed by atoms with Gasteiger partial charge in [0.1, 0.15) is 5.82 Å². The van der Waals surface area contributed by atoms with Crippen LogP contribution in [0, 0.1) is 11.7 Å². The molecule has 0 spiro atoms. The number of hydrogen-bond donors (Lipinski definition) is 2. The molecule has 2 N–H and O–H groups in total. The fourth-order valence-corrected chi connectivity index (χ4v) is 3.52.